The molecule has 0 spiro atoms. The maximum Gasteiger partial charge on any atom is 0.134 e. The van der Waals surface area contributed by atoms with Gasteiger partial charge in [-0.2, -0.15) is 0 Å². The Morgan fingerprint density at radius 2 is 1.06 bits per heavy atom. The lowest BCUT2D eigenvalue weighted by molar-refractivity contribution is 0.417. The van der Waals surface area contributed by atoms with Gasteiger partial charge in [0.15, 0.2) is 0 Å². The molecule has 0 aliphatic carbocycles. The molecule has 162 valence electrons. The van der Waals surface area contributed by atoms with Gasteiger partial charge in [0, 0.05) is 34.6 Å². The largest absolute Gasteiger partial charge is 0.457 e. The van der Waals surface area contributed by atoms with Crippen molar-refractivity contribution in [1.29, 1.82) is 0 Å². The average molecular weight is 416 g/mol. The third-order valence-electron chi connectivity index (χ3n) is 6.00. The van der Waals surface area contributed by atoms with Crippen LogP contribution in [0.2, 0.25) is 0 Å². The first-order valence-electron chi connectivity index (χ1n) is 11.4. The summed E-state index contributed by atoms with van der Waals surface area (Å²) in [7, 11) is 0. The van der Waals surface area contributed by atoms with Crippen molar-refractivity contribution in [2.24, 2.45) is 0 Å². The maximum absolute atomic E-state index is 6.62. The quantitative estimate of drug-likeness (QED) is 0.430. The first-order valence-corrected chi connectivity index (χ1v) is 11.4. The number of rotatable bonds is 3. The van der Waals surface area contributed by atoms with Gasteiger partial charge in [0.05, 0.1) is 0 Å². The van der Waals surface area contributed by atoms with E-state index in [0.29, 0.717) is 0 Å². The van der Waals surface area contributed by atoms with Crippen LogP contribution in [0.4, 0.5) is 11.4 Å². The van der Waals surface area contributed by atoms with E-state index >= 15 is 0 Å². The Kier molecular flexibility index (Phi) is 5.70. The fourth-order valence-corrected chi connectivity index (χ4v) is 4.64. The summed E-state index contributed by atoms with van der Waals surface area (Å²) in [5.41, 5.74) is 5.79. The van der Waals surface area contributed by atoms with E-state index < -0.39 is 0 Å². The third kappa shape index (κ3) is 3.78. The molecular weight excluding hydrogens is 382 g/mol. The van der Waals surface area contributed by atoms with Crippen LogP contribution < -0.4 is 14.4 Å². The van der Waals surface area contributed by atoms with Crippen LogP contribution >= 0.6 is 0 Å². The van der Waals surface area contributed by atoms with Crippen LogP contribution in [0.3, 0.4) is 0 Å². The van der Waals surface area contributed by atoms with Gasteiger partial charge in [0.25, 0.3) is 0 Å². The Hall–Kier alpha value is -2.94. The number of anilines is 2. The van der Waals surface area contributed by atoms with Gasteiger partial charge in [-0.3, -0.25) is 0 Å². The van der Waals surface area contributed by atoms with Gasteiger partial charge in [0.2, 0.25) is 0 Å². The molecule has 1 aliphatic rings. The number of hydrogen-bond acceptors (Lipinski definition) is 3. The normalized spacial score (nSPS) is 13.0. The highest BCUT2D eigenvalue weighted by Crippen LogP contribution is 2.46. The van der Waals surface area contributed by atoms with Gasteiger partial charge in [-0.15, -0.1) is 0 Å². The summed E-state index contributed by atoms with van der Waals surface area (Å²) in [6.45, 7) is 14.1. The highest BCUT2D eigenvalue weighted by atomic mass is 16.5. The Labute approximate surface area is 186 Å². The molecular formula is C28H33NO2. The maximum atomic E-state index is 6.62. The van der Waals surface area contributed by atoms with Crippen LogP contribution in [-0.4, -0.2) is 6.54 Å². The third-order valence-corrected chi connectivity index (χ3v) is 6.00. The number of ether oxygens (including phenoxy) is 2. The molecule has 6 bridgehead atoms. The van der Waals surface area contributed by atoms with E-state index in [2.05, 4.69) is 95.0 Å². The summed E-state index contributed by atoms with van der Waals surface area (Å²) in [4.78, 5) is 2.39. The summed E-state index contributed by atoms with van der Waals surface area (Å²) < 4.78 is 13.2. The van der Waals surface area contributed by atoms with Crippen LogP contribution in [0, 0.1) is 0 Å². The van der Waals surface area contributed by atoms with Gasteiger partial charge in [-0.1, -0.05) is 52.8 Å². The molecule has 1 heterocycles. The molecule has 4 rings (SSSR count). The summed E-state index contributed by atoms with van der Waals surface area (Å²) in [5, 5.41) is 0. The second kappa shape index (κ2) is 8.30. The average Bonchev–Trinajstić information content (AvgIpc) is 2.73. The molecule has 3 aromatic carbocycles. The first kappa shape index (κ1) is 21.3. The van der Waals surface area contributed by atoms with Gasteiger partial charge >= 0.3 is 0 Å². The molecule has 31 heavy (non-hydrogen) atoms. The highest BCUT2D eigenvalue weighted by molar-refractivity contribution is 5.74. The monoisotopic (exact) mass is 415 g/mol. The second-order valence-electron chi connectivity index (χ2n) is 9.04. The summed E-state index contributed by atoms with van der Waals surface area (Å²) >= 11 is 0. The molecule has 0 saturated carbocycles. The van der Waals surface area contributed by atoms with E-state index in [1.165, 1.54) is 22.5 Å². The summed E-state index contributed by atoms with van der Waals surface area (Å²) in [6, 6.07) is 18.9. The lowest BCUT2D eigenvalue weighted by Gasteiger charge is -2.32. The van der Waals surface area contributed by atoms with Crippen LogP contribution in [0.5, 0.6) is 23.0 Å². The van der Waals surface area contributed by atoms with Crippen molar-refractivity contribution in [3.05, 3.63) is 71.3 Å². The SMILES string of the molecule is CCc1c2cccc1N(CC)c1cccc(c1CC)Oc1cccc(c1C(C)(C)C)O2. The zero-order chi connectivity index (χ0) is 22.2. The van der Waals surface area contributed by atoms with Crippen molar-refractivity contribution < 1.29 is 9.47 Å². The number of hydrogen-bond donors (Lipinski definition) is 0. The van der Waals surface area contributed by atoms with Gasteiger partial charge in [0.1, 0.15) is 23.0 Å². The molecule has 0 unspecified atom stereocenters. The second-order valence-corrected chi connectivity index (χ2v) is 9.04. The number of benzene rings is 3. The molecule has 0 N–H and O–H groups in total. The summed E-state index contributed by atoms with van der Waals surface area (Å²) in [5.74, 6) is 3.54. The van der Waals surface area contributed by atoms with E-state index in [0.717, 1.165) is 47.9 Å². The minimum atomic E-state index is -0.139. The molecule has 3 heteroatoms. The Morgan fingerprint density at radius 1 is 0.645 bits per heavy atom. The minimum absolute atomic E-state index is 0.139. The van der Waals surface area contributed by atoms with E-state index in [-0.39, 0.29) is 5.41 Å². The van der Waals surface area contributed by atoms with Crippen molar-refractivity contribution in [1.82, 2.24) is 0 Å². The molecule has 0 saturated heterocycles. The Morgan fingerprint density at radius 3 is 1.45 bits per heavy atom. The molecule has 1 aliphatic heterocycles. The topological polar surface area (TPSA) is 21.7 Å². The predicted molar refractivity (Wildman–Crippen MR) is 130 cm³/mol. The lowest BCUT2D eigenvalue weighted by atomic mass is 9.85. The zero-order valence-electron chi connectivity index (χ0n) is 19.6. The molecule has 0 aromatic heterocycles. The van der Waals surface area contributed by atoms with Crippen molar-refractivity contribution in [3.8, 4) is 23.0 Å². The van der Waals surface area contributed by atoms with E-state index in [9.17, 15) is 0 Å². The molecule has 0 fully saturated rings. The number of fused-ring (bicyclic) bond motifs is 6. The molecule has 3 aromatic rings. The zero-order valence-corrected chi connectivity index (χ0v) is 19.6. The molecule has 3 nitrogen and oxygen atoms in total. The fraction of sp³-hybridized carbons (Fsp3) is 0.357. The van der Waals surface area contributed by atoms with Crippen LogP contribution in [0.15, 0.2) is 54.6 Å². The van der Waals surface area contributed by atoms with Crippen molar-refractivity contribution in [2.75, 3.05) is 11.4 Å². The minimum Gasteiger partial charge on any atom is -0.457 e. The molecule has 0 radical (unpaired) electrons. The molecule has 0 amide bonds. The van der Waals surface area contributed by atoms with E-state index in [1.807, 2.05) is 6.07 Å². The first-order chi connectivity index (χ1) is 14.9. The van der Waals surface area contributed by atoms with Gasteiger partial charge in [-0.25, -0.2) is 0 Å². The smallest absolute Gasteiger partial charge is 0.134 e. The fourth-order valence-electron chi connectivity index (χ4n) is 4.64. The highest BCUT2D eigenvalue weighted by Gasteiger charge is 2.27. The lowest BCUT2D eigenvalue weighted by Crippen LogP contribution is -2.20. The van der Waals surface area contributed by atoms with E-state index in [1.54, 1.807) is 0 Å². The van der Waals surface area contributed by atoms with Crippen molar-refractivity contribution in [3.63, 3.8) is 0 Å². The van der Waals surface area contributed by atoms with Crippen LogP contribution in [-0.2, 0) is 18.3 Å². The predicted octanol–water partition coefficient (Wildman–Crippen LogP) is 8.16. The summed E-state index contributed by atoms with van der Waals surface area (Å²) in [6.07, 6.45) is 1.79. The molecule has 0 atom stereocenters. The standard InChI is InChI=1S/C28H33NO2/c1-7-19-21-13-10-15-23(19)30-25-17-12-18-26(27(25)28(4,5)6)31-24-16-11-14-22(20(24)8-2)29(21)9-3/h10-18H,7-9H2,1-6H3. The Balaban J connectivity index is 2.10. The van der Waals surface area contributed by atoms with Crippen molar-refractivity contribution in [2.45, 2.75) is 59.8 Å². The Bertz CT molecular complexity index is 1020. The number of nitrogens with zero attached hydrogens (tertiary/aromatic N) is 1. The van der Waals surface area contributed by atoms with Gasteiger partial charge in [-0.05, 0) is 61.6 Å². The van der Waals surface area contributed by atoms with Crippen LogP contribution in [0.1, 0.15) is 58.2 Å². The van der Waals surface area contributed by atoms with Crippen LogP contribution in [0.25, 0.3) is 0 Å². The van der Waals surface area contributed by atoms with Crippen molar-refractivity contribution >= 4 is 11.4 Å². The van der Waals surface area contributed by atoms with E-state index in [4.69, 9.17) is 9.47 Å². The van der Waals surface area contributed by atoms with Gasteiger partial charge < -0.3 is 14.4 Å².